The quantitative estimate of drug-likeness (QED) is 0.868. The summed E-state index contributed by atoms with van der Waals surface area (Å²) in [6.07, 6.45) is 4.53. The van der Waals surface area contributed by atoms with Crippen molar-refractivity contribution in [1.29, 1.82) is 5.26 Å². The number of nitrogens with zero attached hydrogens (tertiary/aromatic N) is 2. The van der Waals surface area contributed by atoms with E-state index in [1.165, 1.54) is 18.4 Å². The van der Waals surface area contributed by atoms with E-state index in [-0.39, 0.29) is 11.9 Å². The average Bonchev–Trinajstić information content (AvgIpc) is 2.94. The molecule has 1 amide bonds. The summed E-state index contributed by atoms with van der Waals surface area (Å²) in [5.41, 5.74) is 2.53. The fraction of sp³-hybridized carbons (Fsp3) is 0.364. The van der Waals surface area contributed by atoms with Gasteiger partial charge in [-0.05, 0) is 61.3 Å². The van der Waals surface area contributed by atoms with E-state index in [2.05, 4.69) is 28.4 Å². The summed E-state index contributed by atoms with van der Waals surface area (Å²) >= 11 is 0. The van der Waals surface area contributed by atoms with Gasteiger partial charge in [-0.25, -0.2) is 0 Å². The fourth-order valence-electron chi connectivity index (χ4n) is 3.57. The zero-order valence-electron chi connectivity index (χ0n) is 15.6. The van der Waals surface area contributed by atoms with Gasteiger partial charge in [0.05, 0.1) is 25.3 Å². The number of carbonyl (C=O) groups excluding carboxylic acids is 1. The highest BCUT2D eigenvalue weighted by molar-refractivity contribution is 5.92. The van der Waals surface area contributed by atoms with E-state index in [1.807, 2.05) is 12.1 Å². The third-order valence-electron chi connectivity index (χ3n) is 5.01. The second-order valence-electron chi connectivity index (χ2n) is 6.85. The number of rotatable bonds is 5. The topological polar surface area (TPSA) is 65.4 Å². The maximum absolute atomic E-state index is 12.6. The van der Waals surface area contributed by atoms with Crippen molar-refractivity contribution >= 4 is 11.6 Å². The van der Waals surface area contributed by atoms with Gasteiger partial charge in [-0.15, -0.1) is 0 Å². The molecule has 1 heterocycles. The molecule has 1 aliphatic rings. The molecular weight excluding hydrogens is 338 g/mol. The maximum atomic E-state index is 12.6. The lowest BCUT2D eigenvalue weighted by molar-refractivity contribution is -0.117. The SMILES string of the molecule is COc1ccc([C@H]2CCCCCN2CC(=O)Nc2ccc(C#N)cc2)cc1. The normalized spacial score (nSPS) is 17.6. The first-order valence-corrected chi connectivity index (χ1v) is 9.37. The number of ether oxygens (including phenoxy) is 1. The summed E-state index contributed by atoms with van der Waals surface area (Å²) in [6, 6.07) is 17.4. The number of methoxy groups -OCH3 is 1. The molecule has 0 aliphatic carbocycles. The molecule has 0 saturated carbocycles. The van der Waals surface area contributed by atoms with E-state index in [0.717, 1.165) is 30.8 Å². The van der Waals surface area contributed by atoms with Crippen LogP contribution in [0.2, 0.25) is 0 Å². The summed E-state index contributed by atoms with van der Waals surface area (Å²) in [4.78, 5) is 14.9. The number of likely N-dealkylation sites (tertiary alicyclic amines) is 1. The van der Waals surface area contributed by atoms with Crippen LogP contribution in [0.1, 0.15) is 42.9 Å². The number of carbonyl (C=O) groups is 1. The largest absolute Gasteiger partial charge is 0.497 e. The van der Waals surface area contributed by atoms with Crippen LogP contribution >= 0.6 is 0 Å². The predicted octanol–water partition coefficient (Wildman–Crippen LogP) is 4.12. The van der Waals surface area contributed by atoms with Crippen LogP contribution in [0.3, 0.4) is 0 Å². The third kappa shape index (κ3) is 5.08. The van der Waals surface area contributed by atoms with Crippen LogP contribution in [0.15, 0.2) is 48.5 Å². The predicted molar refractivity (Wildman–Crippen MR) is 106 cm³/mol. The second kappa shape index (κ2) is 9.20. The smallest absolute Gasteiger partial charge is 0.238 e. The summed E-state index contributed by atoms with van der Waals surface area (Å²) < 4.78 is 5.26. The van der Waals surface area contributed by atoms with Crippen LogP contribution < -0.4 is 10.1 Å². The zero-order chi connectivity index (χ0) is 19.1. The molecule has 1 saturated heterocycles. The van der Waals surface area contributed by atoms with Crippen molar-refractivity contribution in [3.8, 4) is 11.8 Å². The molecule has 0 unspecified atom stereocenters. The number of benzene rings is 2. The monoisotopic (exact) mass is 363 g/mol. The van der Waals surface area contributed by atoms with Crippen LogP contribution in [0.25, 0.3) is 0 Å². The number of nitriles is 1. The standard InChI is InChI=1S/C22H25N3O2/c1-27-20-12-8-18(9-13-20)21-5-3-2-4-14-25(21)16-22(26)24-19-10-6-17(15-23)7-11-19/h6-13,21H,2-5,14,16H2,1H3,(H,24,26)/t21-/m1/s1. The molecule has 3 rings (SSSR count). The molecule has 1 N–H and O–H groups in total. The van der Waals surface area contributed by atoms with Gasteiger partial charge >= 0.3 is 0 Å². The average molecular weight is 363 g/mol. The molecule has 0 bridgehead atoms. The van der Waals surface area contributed by atoms with Gasteiger partial charge in [-0.2, -0.15) is 5.26 Å². The Hall–Kier alpha value is -2.84. The first kappa shape index (κ1) is 18.9. The first-order chi connectivity index (χ1) is 13.2. The number of hydrogen-bond acceptors (Lipinski definition) is 4. The molecule has 0 aromatic heterocycles. The van der Waals surface area contributed by atoms with Crippen LogP contribution in [0, 0.1) is 11.3 Å². The molecule has 140 valence electrons. The molecule has 0 radical (unpaired) electrons. The molecule has 27 heavy (non-hydrogen) atoms. The Bertz CT molecular complexity index is 794. The summed E-state index contributed by atoms with van der Waals surface area (Å²) in [7, 11) is 1.67. The highest BCUT2D eigenvalue weighted by Crippen LogP contribution is 2.31. The second-order valence-corrected chi connectivity index (χ2v) is 6.85. The Labute approximate surface area is 160 Å². The highest BCUT2D eigenvalue weighted by Gasteiger charge is 2.24. The molecule has 1 atom stereocenters. The first-order valence-electron chi connectivity index (χ1n) is 9.37. The summed E-state index contributed by atoms with van der Waals surface area (Å²) in [6.45, 7) is 1.27. The lowest BCUT2D eigenvalue weighted by Crippen LogP contribution is -2.36. The van der Waals surface area contributed by atoms with Gasteiger partial charge in [0, 0.05) is 11.7 Å². The number of nitrogens with one attached hydrogen (secondary N) is 1. The molecule has 2 aromatic carbocycles. The minimum atomic E-state index is -0.0277. The maximum Gasteiger partial charge on any atom is 0.238 e. The Morgan fingerprint density at radius 1 is 1.15 bits per heavy atom. The van der Waals surface area contributed by atoms with E-state index in [0.29, 0.717) is 12.1 Å². The van der Waals surface area contributed by atoms with Crippen LogP contribution in [-0.2, 0) is 4.79 Å². The van der Waals surface area contributed by atoms with E-state index >= 15 is 0 Å². The lowest BCUT2D eigenvalue weighted by atomic mass is 10.0. The van der Waals surface area contributed by atoms with Gasteiger partial charge in [-0.1, -0.05) is 25.0 Å². The van der Waals surface area contributed by atoms with E-state index in [1.54, 1.807) is 31.4 Å². The number of hydrogen-bond donors (Lipinski definition) is 1. The molecule has 5 nitrogen and oxygen atoms in total. The Morgan fingerprint density at radius 2 is 1.89 bits per heavy atom. The molecular formula is C22H25N3O2. The number of anilines is 1. The van der Waals surface area contributed by atoms with Gasteiger partial charge < -0.3 is 10.1 Å². The van der Waals surface area contributed by atoms with E-state index in [9.17, 15) is 4.79 Å². The van der Waals surface area contributed by atoms with Gasteiger partial charge in [0.15, 0.2) is 0 Å². The van der Waals surface area contributed by atoms with Crippen molar-refractivity contribution in [2.24, 2.45) is 0 Å². The molecule has 1 fully saturated rings. The Balaban J connectivity index is 1.68. The molecule has 5 heteroatoms. The van der Waals surface area contributed by atoms with Crippen molar-refractivity contribution in [2.75, 3.05) is 25.5 Å². The van der Waals surface area contributed by atoms with Crippen molar-refractivity contribution in [1.82, 2.24) is 4.90 Å². The minimum Gasteiger partial charge on any atom is -0.497 e. The van der Waals surface area contributed by atoms with Gasteiger partial charge in [0.2, 0.25) is 5.91 Å². The Morgan fingerprint density at radius 3 is 2.56 bits per heavy atom. The minimum absolute atomic E-state index is 0.0277. The zero-order valence-corrected chi connectivity index (χ0v) is 15.6. The van der Waals surface area contributed by atoms with Crippen molar-refractivity contribution in [2.45, 2.75) is 31.7 Å². The fourth-order valence-corrected chi connectivity index (χ4v) is 3.57. The molecule has 2 aromatic rings. The van der Waals surface area contributed by atoms with Crippen molar-refractivity contribution in [3.63, 3.8) is 0 Å². The molecule has 0 spiro atoms. The van der Waals surface area contributed by atoms with Crippen molar-refractivity contribution < 1.29 is 9.53 Å². The van der Waals surface area contributed by atoms with E-state index in [4.69, 9.17) is 10.00 Å². The summed E-state index contributed by atoms with van der Waals surface area (Å²) in [5.74, 6) is 0.817. The van der Waals surface area contributed by atoms with Gasteiger partial charge in [-0.3, -0.25) is 9.69 Å². The van der Waals surface area contributed by atoms with Crippen molar-refractivity contribution in [3.05, 3.63) is 59.7 Å². The van der Waals surface area contributed by atoms with Gasteiger partial charge in [0.1, 0.15) is 5.75 Å². The third-order valence-corrected chi connectivity index (χ3v) is 5.01. The van der Waals surface area contributed by atoms with Crippen LogP contribution in [-0.4, -0.2) is 31.0 Å². The van der Waals surface area contributed by atoms with E-state index < -0.39 is 0 Å². The highest BCUT2D eigenvalue weighted by atomic mass is 16.5. The lowest BCUT2D eigenvalue weighted by Gasteiger charge is -2.29. The van der Waals surface area contributed by atoms with Crippen LogP contribution in [0.5, 0.6) is 5.75 Å². The summed E-state index contributed by atoms with van der Waals surface area (Å²) in [5, 5.41) is 11.8. The molecule has 1 aliphatic heterocycles. The van der Waals surface area contributed by atoms with Crippen LogP contribution in [0.4, 0.5) is 5.69 Å². The van der Waals surface area contributed by atoms with Gasteiger partial charge in [0.25, 0.3) is 0 Å². The Kier molecular flexibility index (Phi) is 6.45. The number of amides is 1.